The largest absolute Gasteiger partial charge is 0.352 e. The van der Waals surface area contributed by atoms with Gasteiger partial charge in [-0.15, -0.1) is 0 Å². The predicted octanol–water partition coefficient (Wildman–Crippen LogP) is 7.81. The SMILES string of the molecule is CC[C@@H](C)NC(=O)[C@H](Cc1ccccc1)N(Cc1cccc(Br)c1)C(=O)CN(c1cc(Cl)cc(Cl)c1)S(=O)(=O)c1ccc(C)cc1. The molecule has 4 rings (SSSR count). The number of benzene rings is 4. The molecule has 0 bridgehead atoms. The molecule has 2 amide bonds. The number of hydrogen-bond acceptors (Lipinski definition) is 4. The summed E-state index contributed by atoms with van der Waals surface area (Å²) in [5.74, 6) is -0.910. The third-order valence-corrected chi connectivity index (χ3v) is 10.3. The van der Waals surface area contributed by atoms with Gasteiger partial charge in [0.1, 0.15) is 12.6 Å². The molecule has 0 radical (unpaired) electrons. The Bertz CT molecular complexity index is 1750. The molecule has 7 nitrogen and oxygen atoms in total. The van der Waals surface area contributed by atoms with Crippen molar-refractivity contribution >= 4 is 66.7 Å². The molecule has 0 saturated carbocycles. The molecule has 1 N–H and O–H groups in total. The maximum atomic E-state index is 14.6. The number of nitrogens with one attached hydrogen (secondary N) is 1. The summed E-state index contributed by atoms with van der Waals surface area (Å²) < 4.78 is 30.2. The summed E-state index contributed by atoms with van der Waals surface area (Å²) in [5, 5.41) is 3.45. The minimum atomic E-state index is -4.28. The van der Waals surface area contributed by atoms with Crippen LogP contribution < -0.4 is 9.62 Å². The first-order valence-corrected chi connectivity index (χ1v) is 17.8. The number of aryl methyl sites for hydroxylation is 1. The standard InChI is InChI=1S/C35H36BrCl2N3O4S/c1-4-25(3)39-35(43)33(18-26-9-6-5-7-10-26)40(22-27-11-8-12-28(36)17-27)34(42)23-41(31-20-29(37)19-30(38)21-31)46(44,45)32-15-13-24(2)14-16-32/h5-17,19-21,25,33H,4,18,22-23H2,1-3H3,(H,39,43)/t25-,33+/m1/s1. The Labute approximate surface area is 289 Å². The van der Waals surface area contributed by atoms with Gasteiger partial charge < -0.3 is 10.2 Å². The van der Waals surface area contributed by atoms with E-state index in [0.29, 0.717) is 6.42 Å². The lowest BCUT2D eigenvalue weighted by atomic mass is 10.0. The van der Waals surface area contributed by atoms with Crippen LogP contribution in [0.1, 0.15) is 37.0 Å². The van der Waals surface area contributed by atoms with Crippen molar-refractivity contribution in [3.63, 3.8) is 0 Å². The molecule has 0 aliphatic carbocycles. The van der Waals surface area contributed by atoms with E-state index in [1.807, 2.05) is 75.4 Å². The van der Waals surface area contributed by atoms with Crippen LogP contribution in [0.3, 0.4) is 0 Å². The quantitative estimate of drug-likeness (QED) is 0.151. The summed E-state index contributed by atoms with van der Waals surface area (Å²) in [6.45, 7) is 5.16. The second-order valence-corrected chi connectivity index (χ2v) is 14.8. The topological polar surface area (TPSA) is 86.8 Å². The van der Waals surface area contributed by atoms with Gasteiger partial charge in [0, 0.05) is 33.5 Å². The molecule has 4 aromatic carbocycles. The van der Waals surface area contributed by atoms with Gasteiger partial charge in [-0.2, -0.15) is 0 Å². The maximum absolute atomic E-state index is 14.6. The minimum absolute atomic E-state index is 0.00381. The molecule has 11 heteroatoms. The van der Waals surface area contributed by atoms with Gasteiger partial charge in [0.25, 0.3) is 10.0 Å². The second kappa shape index (κ2) is 16.0. The number of carbonyl (C=O) groups excluding carboxylic acids is 2. The smallest absolute Gasteiger partial charge is 0.264 e. The van der Waals surface area contributed by atoms with Gasteiger partial charge in [0.15, 0.2) is 0 Å². The van der Waals surface area contributed by atoms with E-state index in [1.54, 1.807) is 12.1 Å². The Morgan fingerprint density at radius 1 is 0.870 bits per heavy atom. The second-order valence-electron chi connectivity index (χ2n) is 11.1. The van der Waals surface area contributed by atoms with E-state index in [4.69, 9.17) is 23.2 Å². The summed E-state index contributed by atoms with van der Waals surface area (Å²) in [6, 6.07) is 26.5. The molecule has 0 aromatic heterocycles. The molecule has 0 aliphatic heterocycles. The molecule has 0 saturated heterocycles. The Kier molecular flexibility index (Phi) is 12.3. The molecule has 242 valence electrons. The van der Waals surface area contributed by atoms with Crippen LogP contribution in [0.2, 0.25) is 10.0 Å². The zero-order valence-corrected chi connectivity index (χ0v) is 29.7. The molecular weight excluding hydrogens is 709 g/mol. The first-order valence-electron chi connectivity index (χ1n) is 14.8. The first kappa shape index (κ1) is 35.5. The van der Waals surface area contributed by atoms with Crippen molar-refractivity contribution in [2.75, 3.05) is 10.8 Å². The number of nitrogens with zero attached hydrogens (tertiary/aromatic N) is 2. The fourth-order valence-corrected chi connectivity index (χ4v) is 7.24. The van der Waals surface area contributed by atoms with Crippen LogP contribution in [0, 0.1) is 6.92 Å². The summed E-state index contributed by atoms with van der Waals surface area (Å²) >= 11 is 16.1. The fraction of sp³-hybridized carbons (Fsp3) is 0.257. The molecule has 0 heterocycles. The average Bonchev–Trinajstić information content (AvgIpc) is 3.01. The molecule has 0 fully saturated rings. The van der Waals surface area contributed by atoms with Crippen molar-refractivity contribution in [1.82, 2.24) is 10.2 Å². The Hall–Kier alpha value is -3.37. The van der Waals surface area contributed by atoms with Crippen molar-refractivity contribution in [2.45, 2.75) is 57.1 Å². The summed E-state index contributed by atoms with van der Waals surface area (Å²) in [7, 11) is -4.28. The van der Waals surface area contributed by atoms with Crippen molar-refractivity contribution in [3.8, 4) is 0 Å². The van der Waals surface area contributed by atoms with E-state index in [2.05, 4.69) is 21.2 Å². The van der Waals surface area contributed by atoms with Gasteiger partial charge in [-0.1, -0.05) is 106 Å². The van der Waals surface area contributed by atoms with Crippen molar-refractivity contribution in [1.29, 1.82) is 0 Å². The van der Waals surface area contributed by atoms with Gasteiger partial charge in [0.05, 0.1) is 10.6 Å². The number of rotatable bonds is 13. The highest BCUT2D eigenvalue weighted by molar-refractivity contribution is 9.10. The van der Waals surface area contributed by atoms with E-state index in [9.17, 15) is 18.0 Å². The summed E-state index contributed by atoms with van der Waals surface area (Å²) in [4.78, 5) is 30.0. The van der Waals surface area contributed by atoms with E-state index in [0.717, 1.165) is 25.5 Å². The van der Waals surface area contributed by atoms with Crippen LogP contribution in [0.15, 0.2) is 106 Å². The number of hydrogen-bond donors (Lipinski definition) is 1. The van der Waals surface area contributed by atoms with Crippen molar-refractivity contribution < 1.29 is 18.0 Å². The zero-order valence-electron chi connectivity index (χ0n) is 25.8. The molecule has 2 atom stereocenters. The highest BCUT2D eigenvalue weighted by Crippen LogP contribution is 2.30. The molecule has 4 aromatic rings. The number of halogens is 3. The van der Waals surface area contributed by atoms with Crippen LogP contribution in [0.4, 0.5) is 5.69 Å². The van der Waals surface area contributed by atoms with Crippen LogP contribution in [-0.2, 0) is 32.6 Å². The van der Waals surface area contributed by atoms with E-state index < -0.39 is 28.5 Å². The van der Waals surface area contributed by atoms with Gasteiger partial charge in [-0.3, -0.25) is 13.9 Å². The summed E-state index contributed by atoms with van der Waals surface area (Å²) in [5.41, 5.74) is 2.61. The normalized spacial score (nSPS) is 12.7. The Balaban J connectivity index is 1.83. The van der Waals surface area contributed by atoms with Crippen LogP contribution in [-0.4, -0.2) is 43.8 Å². The fourth-order valence-electron chi connectivity index (χ4n) is 4.88. The Morgan fingerprint density at radius 2 is 1.50 bits per heavy atom. The third-order valence-electron chi connectivity index (χ3n) is 7.54. The monoisotopic (exact) mass is 743 g/mol. The average molecular weight is 746 g/mol. The lowest BCUT2D eigenvalue weighted by molar-refractivity contribution is -0.140. The molecular formula is C35H36BrCl2N3O4S. The van der Waals surface area contributed by atoms with Crippen molar-refractivity contribution in [2.24, 2.45) is 0 Å². The molecule has 0 aliphatic rings. The third kappa shape index (κ3) is 9.35. The van der Waals surface area contributed by atoms with Crippen LogP contribution in [0.25, 0.3) is 0 Å². The summed E-state index contributed by atoms with van der Waals surface area (Å²) in [6.07, 6.45) is 0.915. The van der Waals surface area contributed by atoms with E-state index >= 15 is 0 Å². The zero-order chi connectivity index (χ0) is 33.4. The van der Waals surface area contributed by atoms with Crippen LogP contribution >= 0.6 is 39.1 Å². The number of amides is 2. The maximum Gasteiger partial charge on any atom is 0.264 e. The molecule has 0 unspecified atom stereocenters. The number of sulfonamides is 1. The van der Waals surface area contributed by atoms with Gasteiger partial charge in [-0.25, -0.2) is 8.42 Å². The molecule has 46 heavy (non-hydrogen) atoms. The Morgan fingerprint density at radius 3 is 2.11 bits per heavy atom. The first-order chi connectivity index (χ1) is 21.9. The van der Waals surface area contributed by atoms with Crippen LogP contribution in [0.5, 0.6) is 0 Å². The predicted molar refractivity (Wildman–Crippen MR) is 189 cm³/mol. The lowest BCUT2D eigenvalue weighted by Gasteiger charge is -2.34. The van der Waals surface area contributed by atoms with E-state index in [-0.39, 0.29) is 45.5 Å². The van der Waals surface area contributed by atoms with Gasteiger partial charge in [-0.05, 0) is 73.9 Å². The number of carbonyl (C=O) groups is 2. The van der Waals surface area contributed by atoms with Gasteiger partial charge >= 0.3 is 0 Å². The van der Waals surface area contributed by atoms with Gasteiger partial charge in [0.2, 0.25) is 11.8 Å². The number of anilines is 1. The van der Waals surface area contributed by atoms with Crippen molar-refractivity contribution in [3.05, 3.63) is 128 Å². The van der Waals surface area contributed by atoms with E-state index in [1.165, 1.54) is 35.2 Å². The highest BCUT2D eigenvalue weighted by Gasteiger charge is 2.35. The highest BCUT2D eigenvalue weighted by atomic mass is 79.9. The molecule has 0 spiro atoms. The lowest BCUT2D eigenvalue weighted by Crippen LogP contribution is -2.54. The minimum Gasteiger partial charge on any atom is -0.352 e.